The minimum Gasteiger partial charge on any atom is -0.398 e. The van der Waals surface area contributed by atoms with Gasteiger partial charge in [-0.2, -0.15) is 4.36 Å². The first-order valence-corrected chi connectivity index (χ1v) is 11.8. The summed E-state index contributed by atoms with van der Waals surface area (Å²) >= 11 is 0. The number of nitrogens with zero attached hydrogens (tertiary/aromatic N) is 2. The zero-order valence-corrected chi connectivity index (χ0v) is 18.5. The second kappa shape index (κ2) is 8.52. The zero-order valence-electron chi connectivity index (χ0n) is 17.7. The van der Waals surface area contributed by atoms with E-state index in [1.165, 1.54) is 18.3 Å². The van der Waals surface area contributed by atoms with Crippen molar-refractivity contribution in [3.63, 3.8) is 0 Å². The van der Waals surface area contributed by atoms with E-state index in [2.05, 4.69) is 4.36 Å². The van der Waals surface area contributed by atoms with E-state index in [1.54, 1.807) is 18.2 Å². The number of nitrogen functional groups attached to an aromatic ring is 1. The molecule has 0 bridgehead atoms. The molecule has 1 aromatic heterocycles. The van der Waals surface area contributed by atoms with E-state index >= 15 is 0 Å². The Balaban J connectivity index is 2.53. The lowest BCUT2D eigenvalue weighted by atomic mass is 9.91. The molecule has 158 valence electrons. The van der Waals surface area contributed by atoms with Crippen molar-refractivity contribution < 1.29 is 8.60 Å². The van der Waals surface area contributed by atoms with Crippen LogP contribution in [-0.2, 0) is 9.73 Å². The van der Waals surface area contributed by atoms with Gasteiger partial charge in [0.15, 0.2) is 5.82 Å². The highest BCUT2D eigenvalue weighted by molar-refractivity contribution is 7.93. The van der Waals surface area contributed by atoms with Crippen LogP contribution in [0.15, 0.2) is 40.8 Å². The Kier molecular flexibility index (Phi) is 6.22. The predicted molar refractivity (Wildman–Crippen MR) is 125 cm³/mol. The van der Waals surface area contributed by atoms with Crippen molar-refractivity contribution in [2.75, 3.05) is 17.2 Å². The molecule has 0 amide bonds. The van der Waals surface area contributed by atoms with Crippen LogP contribution in [-0.4, -0.2) is 26.9 Å². The number of fused-ring (bicyclic) bond motifs is 1. The minimum atomic E-state index is -2.44. The fraction of sp³-hybridized carbons (Fsp3) is 0.304. The molecule has 1 heterocycles. The van der Waals surface area contributed by atoms with Crippen molar-refractivity contribution in [2.45, 2.75) is 33.6 Å². The summed E-state index contributed by atoms with van der Waals surface area (Å²) in [6.07, 6.45) is 1.21. The maximum absolute atomic E-state index is 13.6. The van der Waals surface area contributed by atoms with Gasteiger partial charge in [0.1, 0.15) is 5.82 Å². The summed E-state index contributed by atoms with van der Waals surface area (Å²) in [5.74, 6) is 0.985. The third-order valence-electron chi connectivity index (χ3n) is 5.21. The van der Waals surface area contributed by atoms with Crippen molar-refractivity contribution in [1.29, 1.82) is 5.41 Å². The van der Waals surface area contributed by atoms with Crippen LogP contribution in [0.1, 0.15) is 44.9 Å². The molecule has 30 heavy (non-hydrogen) atoms. The molecule has 2 aromatic carbocycles. The zero-order chi connectivity index (χ0) is 22.1. The lowest BCUT2D eigenvalue weighted by Crippen LogP contribution is -2.07. The fourth-order valence-corrected chi connectivity index (χ4v) is 4.54. The number of nitrogens with two attached hydrogens (primary N) is 1. The maximum atomic E-state index is 13.6. The molecular weight excluding hydrogens is 399 g/mol. The Morgan fingerprint density at radius 2 is 1.80 bits per heavy atom. The molecule has 0 aliphatic rings. The third-order valence-corrected chi connectivity index (χ3v) is 7.52. The Morgan fingerprint density at radius 3 is 2.33 bits per heavy atom. The molecule has 5 nitrogen and oxygen atoms in total. The molecule has 0 aliphatic heterocycles. The van der Waals surface area contributed by atoms with Crippen LogP contribution in [0.25, 0.3) is 21.9 Å². The van der Waals surface area contributed by atoms with Gasteiger partial charge in [-0.05, 0) is 41.1 Å². The second-order valence-corrected chi connectivity index (χ2v) is 10.4. The Bertz CT molecular complexity index is 1220. The number of benzene rings is 2. The molecule has 0 radical (unpaired) electrons. The van der Waals surface area contributed by atoms with Crippen LogP contribution in [0, 0.1) is 11.2 Å². The highest BCUT2D eigenvalue weighted by atomic mass is 32.2. The van der Waals surface area contributed by atoms with E-state index in [0.29, 0.717) is 34.0 Å². The quantitative estimate of drug-likeness (QED) is 0.380. The van der Waals surface area contributed by atoms with Gasteiger partial charge in [0.2, 0.25) is 0 Å². The topological polar surface area (TPSA) is 92.2 Å². The van der Waals surface area contributed by atoms with Crippen LogP contribution in [0.4, 0.5) is 15.9 Å². The van der Waals surface area contributed by atoms with E-state index in [0.717, 1.165) is 22.2 Å². The van der Waals surface area contributed by atoms with E-state index in [4.69, 9.17) is 16.1 Å². The summed E-state index contributed by atoms with van der Waals surface area (Å²) in [5.41, 5.74) is 9.61. The van der Waals surface area contributed by atoms with Crippen molar-refractivity contribution in [3.8, 4) is 11.1 Å². The fourth-order valence-electron chi connectivity index (χ4n) is 3.42. The highest BCUT2D eigenvalue weighted by Crippen LogP contribution is 2.40. The highest BCUT2D eigenvalue weighted by Gasteiger charge is 2.20. The van der Waals surface area contributed by atoms with Gasteiger partial charge in [-0.3, -0.25) is 0 Å². The number of nitrogens with one attached hydrogen (secondary N) is 1. The molecule has 0 atom stereocenters. The molecule has 3 rings (SSSR count). The van der Waals surface area contributed by atoms with Crippen LogP contribution < -0.4 is 5.73 Å². The minimum absolute atomic E-state index is 0.0451. The van der Waals surface area contributed by atoms with Crippen LogP contribution in [0.2, 0.25) is 0 Å². The Hall–Kier alpha value is -2.80. The van der Waals surface area contributed by atoms with Crippen LogP contribution in [0.3, 0.4) is 0 Å². The van der Waals surface area contributed by atoms with Gasteiger partial charge in [0, 0.05) is 39.9 Å². The Morgan fingerprint density at radius 1 is 1.17 bits per heavy atom. The molecule has 0 aliphatic carbocycles. The summed E-state index contributed by atoms with van der Waals surface area (Å²) in [5, 5.41) is 9.20. The first kappa shape index (κ1) is 21.9. The normalized spacial score (nSPS) is 11.8. The van der Waals surface area contributed by atoms with Crippen molar-refractivity contribution in [3.05, 3.63) is 53.5 Å². The van der Waals surface area contributed by atoms with Gasteiger partial charge in [-0.1, -0.05) is 39.8 Å². The molecule has 0 saturated carbocycles. The largest absolute Gasteiger partial charge is 0.398 e. The van der Waals surface area contributed by atoms with Gasteiger partial charge in [-0.15, -0.1) is 0 Å². The van der Waals surface area contributed by atoms with E-state index in [9.17, 15) is 8.60 Å². The molecule has 3 aromatic rings. The smallest absolute Gasteiger partial charge is 0.169 e. The predicted octanol–water partition coefficient (Wildman–Crippen LogP) is 5.88. The molecule has 7 heteroatoms. The van der Waals surface area contributed by atoms with Crippen molar-refractivity contribution in [2.24, 2.45) is 4.36 Å². The lowest BCUT2D eigenvalue weighted by molar-refractivity contribution is 0.628. The number of hydrogen-bond acceptors (Lipinski definition) is 5. The van der Waals surface area contributed by atoms with Crippen LogP contribution >= 0.6 is 0 Å². The molecule has 0 saturated heterocycles. The lowest BCUT2D eigenvalue weighted by Gasteiger charge is -2.18. The standard InChI is InChI=1S/C23H27FN4OS/c1-5-30(29,6-2)28-23-19-12-20(26)16(13-25)11-18(19)21(22(27-23)14(3)4)15-7-9-17(24)10-8-15/h7-14,25H,5-6,26H2,1-4H3. The monoisotopic (exact) mass is 426 g/mol. The molecule has 0 fully saturated rings. The summed E-state index contributed by atoms with van der Waals surface area (Å²) in [6, 6.07) is 9.84. The number of hydrogen-bond donors (Lipinski definition) is 2. The van der Waals surface area contributed by atoms with E-state index in [1.807, 2.05) is 33.8 Å². The SMILES string of the molecule is CCS(=O)(CC)=Nc1nc(C(C)C)c(-c2ccc(F)cc2)c2cc(C=N)c(N)cc12. The molecule has 3 N–H and O–H groups in total. The van der Waals surface area contributed by atoms with E-state index < -0.39 is 9.73 Å². The average Bonchev–Trinajstić information content (AvgIpc) is 2.73. The van der Waals surface area contributed by atoms with Crippen LogP contribution in [0.5, 0.6) is 0 Å². The summed E-state index contributed by atoms with van der Waals surface area (Å²) in [7, 11) is -2.44. The van der Waals surface area contributed by atoms with Crippen molar-refractivity contribution in [1.82, 2.24) is 4.98 Å². The average molecular weight is 427 g/mol. The summed E-state index contributed by atoms with van der Waals surface area (Å²) in [6.45, 7) is 7.76. The third kappa shape index (κ3) is 4.07. The first-order chi connectivity index (χ1) is 14.2. The number of anilines is 1. The molecule has 0 spiro atoms. The second-order valence-electron chi connectivity index (χ2n) is 7.47. The number of pyridine rings is 1. The van der Waals surface area contributed by atoms with Gasteiger partial charge in [0.25, 0.3) is 0 Å². The molecule has 0 unspecified atom stereocenters. The summed E-state index contributed by atoms with van der Waals surface area (Å²) in [4.78, 5) is 4.82. The number of halogens is 1. The van der Waals surface area contributed by atoms with Crippen molar-refractivity contribution >= 4 is 38.2 Å². The number of aromatic nitrogens is 1. The van der Waals surface area contributed by atoms with Gasteiger partial charge < -0.3 is 11.1 Å². The number of rotatable bonds is 6. The van der Waals surface area contributed by atoms with Gasteiger partial charge in [0.05, 0.1) is 15.4 Å². The maximum Gasteiger partial charge on any atom is 0.169 e. The molecular formula is C23H27FN4OS. The summed E-state index contributed by atoms with van der Waals surface area (Å²) < 4.78 is 31.3. The van der Waals surface area contributed by atoms with E-state index in [-0.39, 0.29) is 11.7 Å². The Labute approximate surface area is 177 Å². The van der Waals surface area contributed by atoms with Gasteiger partial charge >= 0.3 is 0 Å². The van der Waals surface area contributed by atoms with Gasteiger partial charge in [-0.25, -0.2) is 13.6 Å². The first-order valence-electron chi connectivity index (χ1n) is 9.99.